The van der Waals surface area contributed by atoms with Gasteiger partial charge in [0.2, 0.25) is 11.8 Å². The molecule has 2 atom stereocenters. The SMILES string of the molecule is Cc1c(CCC(=O)N2CC[C@H](Oc3ccc(F)cc3)[C@@H](CC(N)=O)C2)cnn1C. The van der Waals surface area contributed by atoms with Crippen molar-refractivity contribution in [2.75, 3.05) is 13.1 Å². The molecule has 2 aromatic rings. The van der Waals surface area contributed by atoms with Gasteiger partial charge in [-0.05, 0) is 43.2 Å². The Kier molecular flexibility index (Phi) is 6.51. The number of piperidine rings is 1. The first kappa shape index (κ1) is 20.8. The molecule has 0 radical (unpaired) electrons. The number of hydrogen-bond donors (Lipinski definition) is 1. The molecule has 7 nitrogen and oxygen atoms in total. The topological polar surface area (TPSA) is 90.4 Å². The van der Waals surface area contributed by atoms with Crippen molar-refractivity contribution < 1.29 is 18.7 Å². The lowest BCUT2D eigenvalue weighted by molar-refractivity contribution is -0.136. The Labute approximate surface area is 169 Å². The maximum atomic E-state index is 13.1. The van der Waals surface area contributed by atoms with E-state index >= 15 is 0 Å². The summed E-state index contributed by atoms with van der Waals surface area (Å²) in [7, 11) is 1.88. The molecule has 0 unspecified atom stereocenters. The molecule has 0 spiro atoms. The Bertz CT molecular complexity index is 865. The van der Waals surface area contributed by atoms with Crippen LogP contribution in [0.1, 0.15) is 30.5 Å². The minimum Gasteiger partial charge on any atom is -0.490 e. The van der Waals surface area contributed by atoms with Gasteiger partial charge in [-0.3, -0.25) is 14.3 Å². The summed E-state index contributed by atoms with van der Waals surface area (Å²) in [5.41, 5.74) is 7.53. The van der Waals surface area contributed by atoms with E-state index in [0.717, 1.165) is 11.3 Å². The zero-order valence-electron chi connectivity index (χ0n) is 16.8. The smallest absolute Gasteiger partial charge is 0.222 e. The van der Waals surface area contributed by atoms with Crippen LogP contribution in [-0.2, 0) is 23.1 Å². The van der Waals surface area contributed by atoms with Crippen molar-refractivity contribution in [3.63, 3.8) is 0 Å². The van der Waals surface area contributed by atoms with Gasteiger partial charge in [-0.25, -0.2) is 4.39 Å². The maximum absolute atomic E-state index is 13.1. The van der Waals surface area contributed by atoms with Crippen molar-refractivity contribution in [1.29, 1.82) is 0 Å². The second-order valence-corrected chi connectivity index (χ2v) is 7.55. The molecule has 1 aliphatic rings. The van der Waals surface area contributed by atoms with Crippen molar-refractivity contribution in [1.82, 2.24) is 14.7 Å². The summed E-state index contributed by atoms with van der Waals surface area (Å²) in [5, 5.41) is 4.21. The third-order valence-corrected chi connectivity index (χ3v) is 5.53. The van der Waals surface area contributed by atoms with Gasteiger partial charge in [-0.15, -0.1) is 0 Å². The van der Waals surface area contributed by atoms with Crippen LogP contribution in [0.15, 0.2) is 30.5 Å². The van der Waals surface area contributed by atoms with Gasteiger partial charge in [0.05, 0.1) is 6.20 Å². The van der Waals surface area contributed by atoms with Crippen LogP contribution in [0.4, 0.5) is 4.39 Å². The molecule has 1 saturated heterocycles. The zero-order valence-corrected chi connectivity index (χ0v) is 16.8. The van der Waals surface area contributed by atoms with Crippen LogP contribution in [0, 0.1) is 18.7 Å². The van der Waals surface area contributed by atoms with Crippen LogP contribution >= 0.6 is 0 Å². The van der Waals surface area contributed by atoms with Gasteiger partial charge in [0.15, 0.2) is 0 Å². The number of hydrogen-bond acceptors (Lipinski definition) is 4. The van der Waals surface area contributed by atoms with Gasteiger partial charge < -0.3 is 15.4 Å². The number of carbonyl (C=O) groups is 2. The third kappa shape index (κ3) is 5.34. The highest BCUT2D eigenvalue weighted by atomic mass is 19.1. The lowest BCUT2D eigenvalue weighted by Gasteiger charge is -2.38. The quantitative estimate of drug-likeness (QED) is 0.767. The lowest BCUT2D eigenvalue weighted by Crippen LogP contribution is -2.49. The van der Waals surface area contributed by atoms with Crippen molar-refractivity contribution in [3.8, 4) is 5.75 Å². The first-order valence-corrected chi connectivity index (χ1v) is 9.79. The summed E-state index contributed by atoms with van der Waals surface area (Å²) in [6, 6.07) is 5.78. The maximum Gasteiger partial charge on any atom is 0.222 e. The molecule has 0 bridgehead atoms. The number of nitrogens with zero attached hydrogens (tertiary/aromatic N) is 3. The van der Waals surface area contributed by atoms with E-state index in [9.17, 15) is 14.0 Å². The van der Waals surface area contributed by atoms with Crippen LogP contribution in [0.3, 0.4) is 0 Å². The molecule has 8 heteroatoms. The first-order valence-electron chi connectivity index (χ1n) is 9.79. The Morgan fingerprint density at radius 1 is 1.31 bits per heavy atom. The van der Waals surface area contributed by atoms with Crippen LogP contribution < -0.4 is 10.5 Å². The molecule has 1 fully saturated rings. The van der Waals surface area contributed by atoms with Gasteiger partial charge in [-0.2, -0.15) is 5.10 Å². The molecule has 2 N–H and O–H groups in total. The molecule has 1 aromatic carbocycles. The summed E-state index contributed by atoms with van der Waals surface area (Å²) in [6.07, 6.45) is 3.29. The average molecular weight is 402 g/mol. The molecule has 1 aliphatic heterocycles. The zero-order chi connectivity index (χ0) is 21.0. The fourth-order valence-corrected chi connectivity index (χ4v) is 3.72. The summed E-state index contributed by atoms with van der Waals surface area (Å²) in [6.45, 7) is 2.94. The van der Waals surface area contributed by atoms with E-state index in [1.54, 1.807) is 27.9 Å². The predicted octanol–water partition coefficient (Wildman–Crippen LogP) is 1.97. The normalized spacial score (nSPS) is 19.2. The molecular formula is C21H27FN4O3. The Morgan fingerprint density at radius 3 is 2.66 bits per heavy atom. The summed E-state index contributed by atoms with van der Waals surface area (Å²) in [5.74, 6) is -0.380. The number of likely N-dealkylation sites (tertiary alicyclic amines) is 1. The van der Waals surface area contributed by atoms with Crippen LogP contribution in [0.5, 0.6) is 5.75 Å². The highest BCUT2D eigenvalue weighted by Crippen LogP contribution is 2.26. The monoisotopic (exact) mass is 402 g/mol. The number of amides is 2. The molecule has 1 aromatic heterocycles. The Hall–Kier alpha value is -2.90. The number of nitrogens with two attached hydrogens (primary N) is 1. The number of ether oxygens (including phenoxy) is 1. The van der Waals surface area contributed by atoms with Gasteiger partial charge in [-0.1, -0.05) is 0 Å². The van der Waals surface area contributed by atoms with E-state index in [4.69, 9.17) is 10.5 Å². The Balaban J connectivity index is 1.60. The molecule has 0 saturated carbocycles. The molecule has 2 amide bonds. The number of aromatic nitrogens is 2. The third-order valence-electron chi connectivity index (χ3n) is 5.53. The van der Waals surface area contributed by atoms with E-state index in [1.165, 1.54) is 12.1 Å². The number of rotatable bonds is 7. The second kappa shape index (κ2) is 9.07. The number of primary amides is 1. The molecule has 3 rings (SSSR count). The summed E-state index contributed by atoms with van der Waals surface area (Å²) >= 11 is 0. The van der Waals surface area contributed by atoms with Crippen molar-refractivity contribution in [3.05, 3.63) is 47.5 Å². The predicted molar refractivity (Wildman–Crippen MR) is 106 cm³/mol. The molecule has 2 heterocycles. The van der Waals surface area contributed by atoms with Crippen LogP contribution in [0.25, 0.3) is 0 Å². The largest absolute Gasteiger partial charge is 0.490 e. The van der Waals surface area contributed by atoms with Gasteiger partial charge in [0.1, 0.15) is 17.7 Å². The van der Waals surface area contributed by atoms with Crippen molar-refractivity contribution >= 4 is 11.8 Å². The lowest BCUT2D eigenvalue weighted by atomic mass is 9.90. The van der Waals surface area contributed by atoms with Crippen LogP contribution in [-0.4, -0.2) is 45.7 Å². The van der Waals surface area contributed by atoms with Crippen molar-refractivity contribution in [2.45, 2.75) is 38.7 Å². The second-order valence-electron chi connectivity index (χ2n) is 7.55. The molecule has 156 valence electrons. The number of halogens is 1. The van der Waals surface area contributed by atoms with E-state index < -0.39 is 5.91 Å². The molecule has 29 heavy (non-hydrogen) atoms. The van der Waals surface area contributed by atoms with Gasteiger partial charge >= 0.3 is 0 Å². The standard InChI is InChI=1S/C21H27FN4O3/c1-14-15(12-24-25(14)2)3-8-21(28)26-10-9-19(16(13-26)11-20(23)27)29-18-6-4-17(22)5-7-18/h4-7,12,16,19H,3,8-11,13H2,1-2H3,(H2,23,27)/t16-,19-/m0/s1. The molecular weight excluding hydrogens is 375 g/mol. The first-order chi connectivity index (χ1) is 13.8. The van der Waals surface area contributed by atoms with Crippen LogP contribution in [0.2, 0.25) is 0 Å². The van der Waals surface area contributed by atoms with E-state index in [1.807, 2.05) is 14.0 Å². The summed E-state index contributed by atoms with van der Waals surface area (Å²) < 4.78 is 20.9. The fraction of sp³-hybridized carbons (Fsp3) is 0.476. The number of benzene rings is 1. The number of carbonyl (C=O) groups excluding carboxylic acids is 2. The van der Waals surface area contributed by atoms with Gasteiger partial charge in [0.25, 0.3) is 0 Å². The van der Waals surface area contributed by atoms with E-state index in [-0.39, 0.29) is 30.2 Å². The van der Waals surface area contributed by atoms with Gasteiger partial charge in [0, 0.05) is 51.0 Å². The highest BCUT2D eigenvalue weighted by Gasteiger charge is 2.33. The average Bonchev–Trinajstić information content (AvgIpc) is 3.00. The summed E-state index contributed by atoms with van der Waals surface area (Å²) in [4.78, 5) is 26.0. The van der Waals surface area contributed by atoms with Crippen molar-refractivity contribution in [2.24, 2.45) is 18.7 Å². The van der Waals surface area contributed by atoms with E-state index in [0.29, 0.717) is 38.1 Å². The van der Waals surface area contributed by atoms with E-state index in [2.05, 4.69) is 5.10 Å². The minimum atomic E-state index is -0.428. The fourth-order valence-electron chi connectivity index (χ4n) is 3.72. The minimum absolute atomic E-state index is 0.0444. The molecule has 0 aliphatic carbocycles. The highest BCUT2D eigenvalue weighted by molar-refractivity contribution is 5.77. The Morgan fingerprint density at radius 2 is 2.03 bits per heavy atom. The number of aryl methyl sites for hydroxylation is 2.